The van der Waals surface area contributed by atoms with E-state index in [9.17, 15) is 9.59 Å². The zero-order valence-corrected chi connectivity index (χ0v) is 15.4. The highest BCUT2D eigenvalue weighted by Crippen LogP contribution is 2.31. The molecule has 1 aromatic carbocycles. The number of hydrogen-bond acceptors (Lipinski definition) is 4. The van der Waals surface area contributed by atoms with Gasteiger partial charge in [-0.1, -0.05) is 24.3 Å². The maximum Gasteiger partial charge on any atom is 0.332 e. The third-order valence-corrected chi connectivity index (χ3v) is 5.82. The fourth-order valence-electron chi connectivity index (χ4n) is 4.34. The van der Waals surface area contributed by atoms with Crippen molar-refractivity contribution in [1.82, 2.24) is 14.5 Å². The van der Waals surface area contributed by atoms with Crippen molar-refractivity contribution in [3.8, 4) is 0 Å². The largest absolute Gasteiger partial charge is 0.356 e. The molecule has 1 fully saturated rings. The molecular formula is C20H26N4O2. The van der Waals surface area contributed by atoms with Crippen LogP contribution in [0.4, 0.5) is 5.82 Å². The third kappa shape index (κ3) is 2.98. The number of nitrogens with one attached hydrogen (secondary N) is 1. The summed E-state index contributed by atoms with van der Waals surface area (Å²) in [5.74, 6) is 0.714. The molecule has 1 aliphatic carbocycles. The Morgan fingerprint density at radius 2 is 1.88 bits per heavy atom. The highest BCUT2D eigenvalue weighted by molar-refractivity contribution is 5.40. The van der Waals surface area contributed by atoms with Crippen molar-refractivity contribution in [2.45, 2.75) is 37.8 Å². The molecule has 0 saturated carbocycles. The van der Waals surface area contributed by atoms with E-state index in [0.29, 0.717) is 17.9 Å². The maximum atomic E-state index is 12.2. The molecule has 4 rings (SSSR count). The molecule has 1 aromatic heterocycles. The van der Waals surface area contributed by atoms with E-state index < -0.39 is 0 Å². The van der Waals surface area contributed by atoms with Gasteiger partial charge in [-0.3, -0.25) is 13.9 Å². The molecule has 6 heteroatoms. The smallest absolute Gasteiger partial charge is 0.332 e. The number of anilines is 1. The minimum Gasteiger partial charge on any atom is -0.356 e. The lowest BCUT2D eigenvalue weighted by molar-refractivity contribution is 0.409. The molecule has 1 aliphatic heterocycles. The minimum absolute atomic E-state index is 0.249. The lowest BCUT2D eigenvalue weighted by Crippen LogP contribution is -2.41. The Hall–Kier alpha value is -2.34. The summed E-state index contributed by atoms with van der Waals surface area (Å²) >= 11 is 0. The third-order valence-electron chi connectivity index (χ3n) is 5.82. The van der Waals surface area contributed by atoms with Crippen molar-refractivity contribution in [3.63, 3.8) is 0 Å². The number of fused-ring (bicyclic) bond motifs is 1. The van der Waals surface area contributed by atoms with Gasteiger partial charge in [0, 0.05) is 45.3 Å². The summed E-state index contributed by atoms with van der Waals surface area (Å²) in [6.07, 6.45) is 4.56. The fourth-order valence-corrected chi connectivity index (χ4v) is 4.34. The summed E-state index contributed by atoms with van der Waals surface area (Å²) in [5, 5.41) is 3.82. The lowest BCUT2D eigenvalue weighted by atomic mass is 9.87. The second-order valence-corrected chi connectivity index (χ2v) is 7.48. The molecule has 0 radical (unpaired) electrons. The van der Waals surface area contributed by atoms with Crippen molar-refractivity contribution in [2.24, 2.45) is 14.1 Å². The zero-order valence-electron chi connectivity index (χ0n) is 15.4. The van der Waals surface area contributed by atoms with Crippen LogP contribution in [0.2, 0.25) is 0 Å². The summed E-state index contributed by atoms with van der Waals surface area (Å²) < 4.78 is 2.72. The molecule has 0 bridgehead atoms. The molecule has 2 atom stereocenters. The molecule has 0 spiro atoms. The molecule has 6 nitrogen and oxygen atoms in total. The van der Waals surface area contributed by atoms with E-state index in [1.165, 1.54) is 31.0 Å². The van der Waals surface area contributed by atoms with Gasteiger partial charge >= 0.3 is 5.69 Å². The second-order valence-electron chi connectivity index (χ2n) is 7.48. The van der Waals surface area contributed by atoms with Crippen molar-refractivity contribution in [1.29, 1.82) is 0 Å². The topological polar surface area (TPSA) is 59.3 Å². The van der Waals surface area contributed by atoms with Gasteiger partial charge in [0.1, 0.15) is 5.82 Å². The molecule has 1 N–H and O–H groups in total. The van der Waals surface area contributed by atoms with Crippen LogP contribution in [0, 0.1) is 0 Å². The summed E-state index contributed by atoms with van der Waals surface area (Å²) in [5.41, 5.74) is 2.36. The van der Waals surface area contributed by atoms with E-state index in [0.717, 1.165) is 30.5 Å². The van der Waals surface area contributed by atoms with E-state index in [4.69, 9.17) is 0 Å². The van der Waals surface area contributed by atoms with Gasteiger partial charge in [-0.15, -0.1) is 0 Å². The van der Waals surface area contributed by atoms with Crippen molar-refractivity contribution in [2.75, 3.05) is 18.0 Å². The van der Waals surface area contributed by atoms with Crippen LogP contribution in [0.1, 0.15) is 36.4 Å². The average molecular weight is 354 g/mol. The lowest BCUT2D eigenvalue weighted by Gasteiger charge is -2.29. The first kappa shape index (κ1) is 17.1. The molecule has 2 aliphatic rings. The van der Waals surface area contributed by atoms with E-state index in [2.05, 4.69) is 34.5 Å². The van der Waals surface area contributed by atoms with Crippen molar-refractivity contribution < 1.29 is 0 Å². The molecule has 2 aromatic rings. The average Bonchev–Trinajstić information content (AvgIpc) is 3.11. The van der Waals surface area contributed by atoms with E-state index in [1.54, 1.807) is 17.7 Å². The van der Waals surface area contributed by atoms with Gasteiger partial charge in [0.25, 0.3) is 5.56 Å². The SMILES string of the molecule is Cn1c(N2CC[C@@H](NC3CCCc4ccccc43)C2)cc(=O)n(C)c1=O. The molecule has 1 unspecified atom stereocenters. The van der Waals surface area contributed by atoms with Gasteiger partial charge in [-0.05, 0) is 36.8 Å². The van der Waals surface area contributed by atoms with Gasteiger partial charge in [0.15, 0.2) is 0 Å². The summed E-state index contributed by atoms with van der Waals surface area (Å²) in [6, 6.07) is 11.1. The number of nitrogens with zero attached hydrogens (tertiary/aromatic N) is 3. The van der Waals surface area contributed by atoms with Gasteiger partial charge in [-0.25, -0.2) is 4.79 Å². The minimum atomic E-state index is -0.273. The van der Waals surface area contributed by atoms with Crippen LogP contribution in [0.15, 0.2) is 39.9 Å². The molecule has 0 amide bonds. The number of hydrogen-bond donors (Lipinski definition) is 1. The van der Waals surface area contributed by atoms with Crippen LogP contribution < -0.4 is 21.5 Å². The number of aromatic nitrogens is 2. The first-order valence-corrected chi connectivity index (χ1v) is 9.40. The van der Waals surface area contributed by atoms with Crippen molar-refractivity contribution >= 4 is 5.82 Å². The number of aryl methyl sites for hydroxylation is 1. The monoisotopic (exact) mass is 354 g/mol. The standard InChI is InChI=1S/C20H26N4O2/c1-22-18(12-19(25)23(2)20(22)26)24-11-10-15(13-24)21-17-9-5-7-14-6-3-4-8-16(14)17/h3-4,6,8,12,15,17,21H,5,7,9-11,13H2,1-2H3/t15-,17?/m1/s1. The summed E-state index contributed by atoms with van der Waals surface area (Å²) in [7, 11) is 3.25. The van der Waals surface area contributed by atoms with E-state index in [-0.39, 0.29) is 11.2 Å². The van der Waals surface area contributed by atoms with Crippen LogP contribution in [-0.2, 0) is 20.5 Å². The number of rotatable bonds is 3. The van der Waals surface area contributed by atoms with E-state index >= 15 is 0 Å². The Kier molecular flexibility index (Phi) is 4.44. The highest BCUT2D eigenvalue weighted by Gasteiger charge is 2.28. The zero-order chi connectivity index (χ0) is 18.3. The van der Waals surface area contributed by atoms with Gasteiger partial charge < -0.3 is 10.2 Å². The van der Waals surface area contributed by atoms with Crippen LogP contribution >= 0.6 is 0 Å². The van der Waals surface area contributed by atoms with Gasteiger partial charge in [0.05, 0.1) is 0 Å². The Bertz CT molecular complexity index is 930. The predicted octanol–water partition coefficient (Wildman–Crippen LogP) is 1.33. The molecular weight excluding hydrogens is 328 g/mol. The number of benzene rings is 1. The summed E-state index contributed by atoms with van der Waals surface area (Å²) in [6.45, 7) is 1.67. The first-order chi connectivity index (χ1) is 12.5. The van der Waals surface area contributed by atoms with Crippen LogP contribution in [0.5, 0.6) is 0 Å². The molecule has 1 saturated heterocycles. The Labute approximate surface area is 153 Å². The highest BCUT2D eigenvalue weighted by atomic mass is 16.2. The van der Waals surface area contributed by atoms with Crippen LogP contribution in [0.3, 0.4) is 0 Å². The molecule has 2 heterocycles. The maximum absolute atomic E-state index is 12.2. The second kappa shape index (κ2) is 6.76. The molecule has 138 valence electrons. The molecule has 26 heavy (non-hydrogen) atoms. The quantitative estimate of drug-likeness (QED) is 0.903. The first-order valence-electron chi connectivity index (χ1n) is 9.40. The Morgan fingerprint density at radius 3 is 2.73 bits per heavy atom. The fraction of sp³-hybridized carbons (Fsp3) is 0.500. The summed E-state index contributed by atoms with van der Waals surface area (Å²) in [4.78, 5) is 26.3. The van der Waals surface area contributed by atoms with Crippen molar-refractivity contribution in [3.05, 3.63) is 62.3 Å². The van der Waals surface area contributed by atoms with E-state index in [1.807, 2.05) is 0 Å². The van der Waals surface area contributed by atoms with Crippen LogP contribution in [-0.4, -0.2) is 28.3 Å². The Morgan fingerprint density at radius 1 is 1.08 bits per heavy atom. The van der Waals surface area contributed by atoms with Gasteiger partial charge in [0.2, 0.25) is 0 Å². The Balaban J connectivity index is 1.51. The van der Waals surface area contributed by atoms with Crippen LogP contribution in [0.25, 0.3) is 0 Å². The van der Waals surface area contributed by atoms with Gasteiger partial charge in [-0.2, -0.15) is 0 Å². The predicted molar refractivity (Wildman–Crippen MR) is 103 cm³/mol. The normalized spacial score (nSPS) is 22.5.